The van der Waals surface area contributed by atoms with Gasteiger partial charge < -0.3 is 15.4 Å². The predicted octanol–water partition coefficient (Wildman–Crippen LogP) is 1.57. The fourth-order valence-corrected chi connectivity index (χ4v) is 1.68. The van der Waals surface area contributed by atoms with E-state index in [9.17, 15) is 4.79 Å². The van der Waals surface area contributed by atoms with Crippen molar-refractivity contribution in [2.45, 2.75) is 6.42 Å². The summed E-state index contributed by atoms with van der Waals surface area (Å²) >= 11 is 8.08. The van der Waals surface area contributed by atoms with Gasteiger partial charge in [0.1, 0.15) is 5.82 Å². The van der Waals surface area contributed by atoms with Crippen molar-refractivity contribution in [2.75, 3.05) is 12.4 Å². The number of aliphatic carboxylic acids is 1. The molecule has 0 unspecified atom stereocenters. The Morgan fingerprint density at radius 2 is 2.43 bits per heavy atom. The lowest BCUT2D eigenvalue weighted by atomic mass is 10.3. The number of aromatic amines is 1. The minimum atomic E-state index is -0.926. The molecule has 0 saturated heterocycles. The van der Waals surface area contributed by atoms with Crippen molar-refractivity contribution in [1.29, 1.82) is 0 Å². The molecule has 76 valence electrons. The summed E-state index contributed by atoms with van der Waals surface area (Å²) in [4.78, 5) is 17.2. The third-order valence-electron chi connectivity index (χ3n) is 1.51. The molecule has 1 aromatic heterocycles. The van der Waals surface area contributed by atoms with Crippen LogP contribution in [0.25, 0.3) is 0 Å². The van der Waals surface area contributed by atoms with Crippen LogP contribution in [0.15, 0.2) is 4.47 Å². The van der Waals surface area contributed by atoms with Gasteiger partial charge in [-0.15, -0.1) is 0 Å². The number of rotatable bonds is 3. The first kappa shape index (κ1) is 11.1. The lowest BCUT2D eigenvalue weighted by Gasteiger charge is -2.06. The van der Waals surface area contributed by atoms with E-state index in [2.05, 4.69) is 31.2 Å². The number of carboxylic acids is 1. The predicted molar refractivity (Wildman–Crippen MR) is 58.0 cm³/mol. The fraction of sp³-hybridized carbons (Fsp3) is 0.286. The first-order chi connectivity index (χ1) is 6.54. The van der Waals surface area contributed by atoms with Crippen molar-refractivity contribution in [3.63, 3.8) is 0 Å². The number of nitrogens with zero attached hydrogens (tertiary/aromatic N) is 1. The number of aromatic nitrogens is 2. The number of H-pyrrole nitrogens is 1. The summed E-state index contributed by atoms with van der Waals surface area (Å²) in [6, 6.07) is 0. The van der Waals surface area contributed by atoms with Crippen LogP contribution in [0.2, 0.25) is 0 Å². The third-order valence-corrected chi connectivity index (χ3v) is 2.56. The van der Waals surface area contributed by atoms with Crippen molar-refractivity contribution < 1.29 is 9.90 Å². The Labute approximate surface area is 93.7 Å². The van der Waals surface area contributed by atoms with Crippen LogP contribution in [0.1, 0.15) is 5.69 Å². The highest BCUT2D eigenvalue weighted by molar-refractivity contribution is 9.10. The van der Waals surface area contributed by atoms with E-state index in [1.165, 1.54) is 0 Å². The van der Waals surface area contributed by atoms with Gasteiger partial charge in [0.2, 0.25) is 0 Å². The molecule has 1 rings (SSSR count). The van der Waals surface area contributed by atoms with E-state index in [1.807, 2.05) is 0 Å². The van der Waals surface area contributed by atoms with E-state index in [-0.39, 0.29) is 11.2 Å². The van der Waals surface area contributed by atoms with Crippen LogP contribution in [-0.2, 0) is 11.2 Å². The molecule has 0 radical (unpaired) electrons. The third kappa shape index (κ3) is 2.52. The van der Waals surface area contributed by atoms with Gasteiger partial charge in [-0.05, 0) is 28.1 Å². The van der Waals surface area contributed by atoms with Crippen molar-refractivity contribution in [2.24, 2.45) is 0 Å². The second-order valence-electron chi connectivity index (χ2n) is 2.50. The molecule has 0 aliphatic rings. The lowest BCUT2D eigenvalue weighted by Crippen LogP contribution is -2.06. The summed E-state index contributed by atoms with van der Waals surface area (Å²) in [6.07, 6.45) is -0.124. The Balaban J connectivity index is 3.22. The monoisotopic (exact) mass is 277 g/mol. The minimum absolute atomic E-state index is 0.124. The standard InChI is InChI=1S/C7H8BrN3O2S/c1-9-6-5(8)3(2-4(12)13)10-7(14)11-6/h2H2,1H3,(H,12,13)(H2,9,10,11,14). The highest BCUT2D eigenvalue weighted by atomic mass is 79.9. The summed E-state index contributed by atoms with van der Waals surface area (Å²) in [5, 5.41) is 11.4. The SMILES string of the molecule is CNc1nc(=S)[nH]c(CC(=O)O)c1Br. The zero-order valence-electron chi connectivity index (χ0n) is 7.30. The number of nitrogens with one attached hydrogen (secondary N) is 2. The minimum Gasteiger partial charge on any atom is -0.481 e. The van der Waals surface area contributed by atoms with E-state index in [1.54, 1.807) is 7.05 Å². The number of hydrogen-bond acceptors (Lipinski definition) is 4. The van der Waals surface area contributed by atoms with Crippen LogP contribution >= 0.6 is 28.1 Å². The molecule has 0 fully saturated rings. The molecule has 0 aliphatic carbocycles. The molecule has 1 heterocycles. The highest BCUT2D eigenvalue weighted by Gasteiger charge is 2.10. The zero-order chi connectivity index (χ0) is 10.7. The summed E-state index contributed by atoms with van der Waals surface area (Å²) in [7, 11) is 1.69. The molecule has 7 heteroatoms. The Bertz CT molecular complexity index is 418. The largest absolute Gasteiger partial charge is 0.481 e. The molecule has 0 atom stereocenters. The molecule has 0 bridgehead atoms. The van der Waals surface area contributed by atoms with Crippen LogP contribution in [0.4, 0.5) is 5.82 Å². The van der Waals surface area contributed by atoms with Crippen molar-refractivity contribution in [3.8, 4) is 0 Å². The van der Waals surface area contributed by atoms with E-state index in [0.29, 0.717) is 16.0 Å². The number of carboxylic acid groups (broad SMARTS) is 1. The number of halogens is 1. The summed E-state index contributed by atoms with van der Waals surface area (Å²) in [5.74, 6) is -0.394. The van der Waals surface area contributed by atoms with Crippen molar-refractivity contribution in [3.05, 3.63) is 14.9 Å². The van der Waals surface area contributed by atoms with Gasteiger partial charge in [-0.3, -0.25) is 4.79 Å². The van der Waals surface area contributed by atoms with E-state index >= 15 is 0 Å². The molecular weight excluding hydrogens is 270 g/mol. The van der Waals surface area contributed by atoms with Gasteiger partial charge in [0.25, 0.3) is 0 Å². The first-order valence-corrected chi connectivity index (χ1v) is 4.93. The van der Waals surface area contributed by atoms with Crippen molar-refractivity contribution in [1.82, 2.24) is 9.97 Å². The van der Waals surface area contributed by atoms with Gasteiger partial charge in [0.05, 0.1) is 10.9 Å². The summed E-state index contributed by atoms with van der Waals surface area (Å²) in [5.41, 5.74) is 0.502. The van der Waals surface area contributed by atoms with Gasteiger partial charge in [0, 0.05) is 12.7 Å². The maximum Gasteiger partial charge on any atom is 0.309 e. The molecule has 0 aromatic carbocycles. The first-order valence-electron chi connectivity index (χ1n) is 3.73. The Morgan fingerprint density at radius 1 is 1.79 bits per heavy atom. The van der Waals surface area contributed by atoms with Crippen LogP contribution < -0.4 is 5.32 Å². The molecule has 0 spiro atoms. The van der Waals surface area contributed by atoms with Crippen LogP contribution in [0.3, 0.4) is 0 Å². The van der Waals surface area contributed by atoms with Gasteiger partial charge in [-0.25, -0.2) is 4.98 Å². The molecule has 3 N–H and O–H groups in total. The van der Waals surface area contributed by atoms with Crippen LogP contribution in [0.5, 0.6) is 0 Å². The number of hydrogen-bond donors (Lipinski definition) is 3. The molecule has 0 saturated carbocycles. The normalized spacial score (nSPS) is 9.86. The van der Waals surface area contributed by atoms with Crippen LogP contribution in [-0.4, -0.2) is 28.1 Å². The van der Waals surface area contributed by atoms with Gasteiger partial charge in [-0.1, -0.05) is 0 Å². The Hall–Kier alpha value is -0.950. The molecule has 14 heavy (non-hydrogen) atoms. The number of carbonyl (C=O) groups is 1. The molecule has 1 aromatic rings. The highest BCUT2D eigenvalue weighted by Crippen LogP contribution is 2.22. The average Bonchev–Trinajstić information content (AvgIpc) is 2.09. The topological polar surface area (TPSA) is 78.0 Å². The molecule has 0 amide bonds. The van der Waals surface area contributed by atoms with Gasteiger partial charge in [0.15, 0.2) is 4.77 Å². The van der Waals surface area contributed by atoms with Gasteiger partial charge >= 0.3 is 5.97 Å². The number of anilines is 1. The van der Waals surface area contributed by atoms with E-state index in [0.717, 1.165) is 0 Å². The van der Waals surface area contributed by atoms with Crippen molar-refractivity contribution >= 4 is 39.9 Å². The second-order valence-corrected chi connectivity index (χ2v) is 3.68. The quantitative estimate of drug-likeness (QED) is 0.731. The Morgan fingerprint density at radius 3 is 2.93 bits per heavy atom. The lowest BCUT2D eigenvalue weighted by molar-refractivity contribution is -0.136. The summed E-state index contributed by atoms with van der Waals surface area (Å²) in [6.45, 7) is 0. The second kappa shape index (κ2) is 4.52. The molecule has 0 aliphatic heterocycles. The van der Waals surface area contributed by atoms with Crippen LogP contribution in [0, 0.1) is 4.77 Å². The zero-order valence-corrected chi connectivity index (χ0v) is 9.70. The average molecular weight is 278 g/mol. The van der Waals surface area contributed by atoms with E-state index in [4.69, 9.17) is 17.3 Å². The molecular formula is C7H8BrN3O2S. The van der Waals surface area contributed by atoms with Gasteiger partial charge in [-0.2, -0.15) is 0 Å². The fourth-order valence-electron chi connectivity index (χ4n) is 0.944. The van der Waals surface area contributed by atoms with E-state index < -0.39 is 5.97 Å². The maximum absolute atomic E-state index is 10.5. The molecule has 5 nitrogen and oxygen atoms in total. The smallest absolute Gasteiger partial charge is 0.309 e. The maximum atomic E-state index is 10.5. The summed E-state index contributed by atoms with van der Waals surface area (Å²) < 4.78 is 0.852. The Kier molecular flexibility index (Phi) is 3.59.